The molecule has 0 aromatic heterocycles. The van der Waals surface area contributed by atoms with Crippen LogP contribution in [0.1, 0.15) is 25.8 Å². The Bertz CT molecular complexity index is 1210. The molecule has 3 amide bonds. The normalized spacial score (nSPS) is 27.1. The Morgan fingerprint density at radius 3 is 2.69 bits per heavy atom. The molecule has 0 saturated carbocycles. The first-order valence-electron chi connectivity index (χ1n) is 11.2. The van der Waals surface area contributed by atoms with Gasteiger partial charge >= 0.3 is 5.97 Å². The third kappa shape index (κ3) is 5.24. The van der Waals surface area contributed by atoms with Gasteiger partial charge in [0.15, 0.2) is 0 Å². The summed E-state index contributed by atoms with van der Waals surface area (Å²) in [7, 11) is 0. The SMILES string of the molecule is Cc1ccc(NC(=O)CN2C(=O)S/C(=C/C3=CC(C)C(C4=CC(C)(C(=O)O)CC=C4)O3)C2=O)cc1. The molecule has 3 atom stereocenters. The van der Waals surface area contributed by atoms with E-state index in [1.165, 1.54) is 6.08 Å². The number of carboxylic acid groups (broad SMARTS) is 1. The number of carbonyl (C=O) groups excluding carboxylic acids is 3. The lowest BCUT2D eigenvalue weighted by atomic mass is 9.79. The monoisotopic (exact) mass is 494 g/mol. The molecule has 8 nitrogen and oxygen atoms in total. The summed E-state index contributed by atoms with van der Waals surface area (Å²) >= 11 is 0.752. The van der Waals surface area contributed by atoms with E-state index >= 15 is 0 Å². The van der Waals surface area contributed by atoms with Crippen molar-refractivity contribution in [2.75, 3.05) is 11.9 Å². The van der Waals surface area contributed by atoms with Gasteiger partial charge in [-0.05, 0) is 61.9 Å². The molecule has 2 aliphatic heterocycles. The minimum Gasteiger partial charge on any atom is -0.485 e. The summed E-state index contributed by atoms with van der Waals surface area (Å²) in [4.78, 5) is 50.4. The first kappa shape index (κ1) is 24.5. The maximum Gasteiger partial charge on any atom is 0.313 e. The van der Waals surface area contributed by atoms with E-state index in [4.69, 9.17) is 4.74 Å². The van der Waals surface area contributed by atoms with Crippen molar-refractivity contribution in [2.45, 2.75) is 33.3 Å². The Balaban J connectivity index is 1.42. The van der Waals surface area contributed by atoms with E-state index in [-0.39, 0.29) is 17.4 Å². The van der Waals surface area contributed by atoms with Crippen LogP contribution in [0.5, 0.6) is 0 Å². The first-order chi connectivity index (χ1) is 16.6. The molecule has 0 bridgehead atoms. The average Bonchev–Trinajstić information content (AvgIpc) is 3.29. The molecule has 35 heavy (non-hydrogen) atoms. The minimum atomic E-state index is -1.00. The summed E-state index contributed by atoms with van der Waals surface area (Å²) in [5.41, 5.74) is 1.38. The minimum absolute atomic E-state index is 0.0671. The highest BCUT2D eigenvalue weighted by molar-refractivity contribution is 8.18. The molecule has 0 radical (unpaired) electrons. The first-order valence-corrected chi connectivity index (χ1v) is 12.0. The lowest BCUT2D eigenvalue weighted by molar-refractivity contribution is -0.145. The molecule has 1 aromatic carbocycles. The number of benzene rings is 1. The number of thioether (sulfide) groups is 1. The summed E-state index contributed by atoms with van der Waals surface area (Å²) in [6.07, 6.45) is 8.75. The molecule has 1 saturated heterocycles. The lowest BCUT2D eigenvalue weighted by Gasteiger charge is -2.27. The van der Waals surface area contributed by atoms with Crippen LogP contribution in [-0.2, 0) is 19.1 Å². The molecular weight excluding hydrogens is 468 g/mol. The number of rotatable bonds is 6. The molecule has 1 fully saturated rings. The van der Waals surface area contributed by atoms with E-state index in [0.717, 1.165) is 27.8 Å². The highest BCUT2D eigenvalue weighted by atomic mass is 32.2. The second-order valence-corrected chi connectivity index (χ2v) is 10.1. The molecule has 2 heterocycles. The Morgan fingerprint density at radius 1 is 1.29 bits per heavy atom. The third-order valence-corrected chi connectivity index (χ3v) is 7.01. The molecule has 4 rings (SSSR count). The van der Waals surface area contributed by atoms with E-state index in [1.54, 1.807) is 25.1 Å². The highest BCUT2D eigenvalue weighted by Gasteiger charge is 2.39. The van der Waals surface area contributed by atoms with Gasteiger partial charge in [0.1, 0.15) is 18.4 Å². The number of aryl methyl sites for hydroxylation is 1. The number of allylic oxidation sites excluding steroid dienone is 2. The Morgan fingerprint density at radius 2 is 2.00 bits per heavy atom. The van der Waals surface area contributed by atoms with E-state index in [9.17, 15) is 24.3 Å². The van der Waals surface area contributed by atoms with Crippen molar-refractivity contribution in [3.05, 3.63) is 76.4 Å². The van der Waals surface area contributed by atoms with Crippen LogP contribution >= 0.6 is 11.8 Å². The van der Waals surface area contributed by atoms with Crippen LogP contribution in [0.25, 0.3) is 0 Å². The number of nitrogens with one attached hydrogen (secondary N) is 1. The second kappa shape index (κ2) is 9.58. The number of aliphatic carboxylic acids is 1. The number of imide groups is 1. The van der Waals surface area contributed by atoms with Crippen LogP contribution in [0, 0.1) is 18.3 Å². The van der Waals surface area contributed by atoms with Crippen molar-refractivity contribution in [1.29, 1.82) is 0 Å². The zero-order valence-corrected chi connectivity index (χ0v) is 20.4. The fourth-order valence-electron chi connectivity index (χ4n) is 4.08. The van der Waals surface area contributed by atoms with Crippen molar-refractivity contribution in [3.63, 3.8) is 0 Å². The predicted octanol–water partition coefficient (Wildman–Crippen LogP) is 4.41. The van der Waals surface area contributed by atoms with E-state index in [1.807, 2.05) is 44.2 Å². The van der Waals surface area contributed by atoms with Crippen molar-refractivity contribution in [3.8, 4) is 0 Å². The molecular formula is C26H26N2O6S. The highest BCUT2D eigenvalue weighted by Crippen LogP contribution is 2.38. The quantitative estimate of drug-likeness (QED) is 0.563. The van der Waals surface area contributed by atoms with Gasteiger partial charge in [-0.15, -0.1) is 0 Å². The standard InChI is InChI=1S/C26H26N2O6S/c1-15-6-8-18(9-7-15)27-21(29)14-28-23(30)20(35-25(28)33)12-19-11-16(2)22(34-19)17-5-4-10-26(3,13-17)24(31)32/h4-9,11-13,16,22H,10,14H2,1-3H3,(H,27,29)(H,31,32)/b20-12+. The number of carbonyl (C=O) groups is 4. The number of hydrogen-bond acceptors (Lipinski definition) is 6. The van der Waals surface area contributed by atoms with Crippen molar-refractivity contribution in [1.82, 2.24) is 4.90 Å². The zero-order chi connectivity index (χ0) is 25.3. The smallest absolute Gasteiger partial charge is 0.313 e. The lowest BCUT2D eigenvalue weighted by Crippen LogP contribution is -2.36. The summed E-state index contributed by atoms with van der Waals surface area (Å²) in [5, 5.41) is 11.7. The Labute approximate surface area is 207 Å². The Hall–Kier alpha value is -3.59. The number of anilines is 1. The van der Waals surface area contributed by atoms with Gasteiger partial charge in [0.25, 0.3) is 11.1 Å². The van der Waals surface area contributed by atoms with Crippen LogP contribution < -0.4 is 5.32 Å². The van der Waals surface area contributed by atoms with Gasteiger partial charge in [-0.3, -0.25) is 24.1 Å². The van der Waals surface area contributed by atoms with Gasteiger partial charge in [0.05, 0.1) is 10.3 Å². The zero-order valence-electron chi connectivity index (χ0n) is 19.6. The van der Waals surface area contributed by atoms with Crippen LogP contribution in [0.2, 0.25) is 0 Å². The molecule has 2 N–H and O–H groups in total. The van der Waals surface area contributed by atoms with Crippen molar-refractivity contribution >= 4 is 40.5 Å². The molecule has 182 valence electrons. The van der Waals surface area contributed by atoms with Gasteiger partial charge in [0.2, 0.25) is 5.91 Å². The number of amides is 3. The van der Waals surface area contributed by atoms with Crippen LogP contribution in [-0.4, -0.2) is 45.7 Å². The second-order valence-electron chi connectivity index (χ2n) is 9.12. The maximum absolute atomic E-state index is 12.8. The van der Waals surface area contributed by atoms with Gasteiger partial charge in [-0.2, -0.15) is 0 Å². The maximum atomic E-state index is 12.8. The van der Waals surface area contributed by atoms with Crippen LogP contribution in [0.15, 0.2) is 70.9 Å². The summed E-state index contributed by atoms with van der Waals surface area (Å²) in [6.45, 7) is 5.15. The largest absolute Gasteiger partial charge is 0.485 e. The van der Waals surface area contributed by atoms with Gasteiger partial charge in [-0.25, -0.2) is 0 Å². The summed E-state index contributed by atoms with van der Waals surface area (Å²) in [6, 6.07) is 7.20. The van der Waals surface area contributed by atoms with Gasteiger partial charge in [0, 0.05) is 11.6 Å². The third-order valence-electron chi connectivity index (χ3n) is 6.11. The molecule has 1 aliphatic carbocycles. The van der Waals surface area contributed by atoms with E-state index in [2.05, 4.69) is 5.32 Å². The molecule has 0 spiro atoms. The van der Waals surface area contributed by atoms with Crippen LogP contribution in [0.4, 0.5) is 10.5 Å². The summed E-state index contributed by atoms with van der Waals surface area (Å²) < 4.78 is 6.03. The summed E-state index contributed by atoms with van der Waals surface area (Å²) in [5.74, 6) is -1.58. The fourth-order valence-corrected chi connectivity index (χ4v) is 4.90. The van der Waals surface area contributed by atoms with Crippen molar-refractivity contribution in [2.24, 2.45) is 11.3 Å². The average molecular weight is 495 g/mol. The van der Waals surface area contributed by atoms with E-state index in [0.29, 0.717) is 17.9 Å². The Kier molecular flexibility index (Phi) is 6.71. The number of carboxylic acids is 1. The molecule has 9 heteroatoms. The molecule has 1 aromatic rings. The molecule has 3 aliphatic rings. The van der Waals surface area contributed by atoms with Gasteiger partial charge in [-0.1, -0.05) is 42.8 Å². The number of hydrogen-bond donors (Lipinski definition) is 2. The number of nitrogens with zero attached hydrogens (tertiary/aromatic N) is 1. The van der Waals surface area contributed by atoms with Crippen LogP contribution in [0.3, 0.4) is 0 Å². The molecule has 3 unspecified atom stereocenters. The predicted molar refractivity (Wildman–Crippen MR) is 132 cm³/mol. The number of ether oxygens (including phenoxy) is 1. The van der Waals surface area contributed by atoms with Crippen molar-refractivity contribution < 1.29 is 29.0 Å². The topological polar surface area (TPSA) is 113 Å². The fraction of sp³-hybridized carbons (Fsp3) is 0.308. The van der Waals surface area contributed by atoms with E-state index < -0.39 is 34.5 Å². The van der Waals surface area contributed by atoms with Gasteiger partial charge < -0.3 is 15.2 Å².